The highest BCUT2D eigenvalue weighted by Gasteiger charge is 2.18. The molecular formula is C13H20BrFN2. The van der Waals surface area contributed by atoms with Gasteiger partial charge in [-0.25, -0.2) is 4.39 Å². The minimum atomic E-state index is -0.175. The second-order valence-electron chi connectivity index (χ2n) is 4.29. The second kappa shape index (κ2) is 7.09. The zero-order valence-corrected chi connectivity index (χ0v) is 11.9. The Morgan fingerprint density at radius 1 is 1.35 bits per heavy atom. The molecule has 1 atom stereocenters. The van der Waals surface area contributed by atoms with E-state index in [0.29, 0.717) is 17.9 Å². The van der Waals surface area contributed by atoms with Crippen molar-refractivity contribution < 1.29 is 4.39 Å². The fourth-order valence-electron chi connectivity index (χ4n) is 2.14. The molecule has 0 saturated carbocycles. The fraction of sp³-hybridized carbons (Fsp3) is 0.538. The van der Waals surface area contributed by atoms with Gasteiger partial charge in [0.1, 0.15) is 5.82 Å². The molecule has 0 fully saturated rings. The Kier molecular flexibility index (Phi) is 6.09. The molecule has 0 bridgehead atoms. The molecule has 3 N–H and O–H groups in total. The third-order valence-electron chi connectivity index (χ3n) is 3.29. The summed E-state index contributed by atoms with van der Waals surface area (Å²) in [5, 5.41) is 0. The van der Waals surface area contributed by atoms with Crippen LogP contribution in [-0.4, -0.2) is 6.04 Å². The van der Waals surface area contributed by atoms with Crippen LogP contribution in [0, 0.1) is 11.7 Å². The number of nitrogens with one attached hydrogen (secondary N) is 1. The van der Waals surface area contributed by atoms with Gasteiger partial charge in [0, 0.05) is 10.5 Å². The maximum atomic E-state index is 13.7. The number of halogens is 2. The van der Waals surface area contributed by atoms with E-state index >= 15 is 0 Å². The summed E-state index contributed by atoms with van der Waals surface area (Å²) < 4.78 is 14.5. The minimum Gasteiger partial charge on any atom is -0.271 e. The lowest BCUT2D eigenvalue weighted by atomic mass is 9.90. The van der Waals surface area contributed by atoms with Gasteiger partial charge in [0.25, 0.3) is 0 Å². The lowest BCUT2D eigenvalue weighted by Gasteiger charge is -2.24. The van der Waals surface area contributed by atoms with Crippen LogP contribution in [0.3, 0.4) is 0 Å². The molecule has 0 saturated heterocycles. The van der Waals surface area contributed by atoms with E-state index in [-0.39, 0.29) is 11.9 Å². The summed E-state index contributed by atoms with van der Waals surface area (Å²) in [5.74, 6) is 5.87. The molecule has 0 spiro atoms. The van der Waals surface area contributed by atoms with Gasteiger partial charge in [0.2, 0.25) is 0 Å². The highest BCUT2D eigenvalue weighted by molar-refractivity contribution is 9.10. The molecule has 1 aromatic rings. The monoisotopic (exact) mass is 302 g/mol. The maximum Gasteiger partial charge on any atom is 0.127 e. The Balaban J connectivity index is 2.80. The molecule has 17 heavy (non-hydrogen) atoms. The van der Waals surface area contributed by atoms with Crippen LogP contribution in [0.15, 0.2) is 22.7 Å². The van der Waals surface area contributed by atoms with Crippen LogP contribution in [0.1, 0.15) is 32.3 Å². The summed E-state index contributed by atoms with van der Waals surface area (Å²) in [6.45, 7) is 4.27. The molecule has 1 aromatic carbocycles. The molecular weight excluding hydrogens is 283 g/mol. The van der Waals surface area contributed by atoms with Crippen LogP contribution >= 0.6 is 15.9 Å². The van der Waals surface area contributed by atoms with Crippen molar-refractivity contribution in [1.82, 2.24) is 5.43 Å². The van der Waals surface area contributed by atoms with Crippen molar-refractivity contribution in [2.75, 3.05) is 0 Å². The second-order valence-corrected chi connectivity index (χ2v) is 5.21. The number of rotatable bonds is 6. The average molecular weight is 303 g/mol. The predicted octanol–water partition coefficient (Wildman–Crippen LogP) is 3.40. The van der Waals surface area contributed by atoms with E-state index < -0.39 is 0 Å². The number of nitrogens with two attached hydrogens (primary N) is 1. The molecule has 96 valence electrons. The lowest BCUT2D eigenvalue weighted by Crippen LogP contribution is -2.42. The van der Waals surface area contributed by atoms with Gasteiger partial charge in [0.05, 0.1) is 0 Å². The van der Waals surface area contributed by atoms with Gasteiger partial charge in [-0.05, 0) is 30.0 Å². The molecule has 0 aliphatic carbocycles. The molecule has 0 aromatic heterocycles. The van der Waals surface area contributed by atoms with E-state index in [4.69, 9.17) is 5.84 Å². The van der Waals surface area contributed by atoms with Crippen LogP contribution in [0.25, 0.3) is 0 Å². The lowest BCUT2D eigenvalue weighted by molar-refractivity contribution is 0.333. The van der Waals surface area contributed by atoms with E-state index in [9.17, 15) is 4.39 Å². The molecule has 0 aliphatic rings. The first-order chi connectivity index (χ1) is 8.12. The zero-order chi connectivity index (χ0) is 12.8. The van der Waals surface area contributed by atoms with E-state index in [1.165, 1.54) is 6.07 Å². The number of benzene rings is 1. The number of hydrogen-bond acceptors (Lipinski definition) is 2. The summed E-state index contributed by atoms with van der Waals surface area (Å²) in [4.78, 5) is 0. The average Bonchev–Trinajstić information content (AvgIpc) is 2.32. The summed E-state index contributed by atoms with van der Waals surface area (Å²) in [7, 11) is 0. The van der Waals surface area contributed by atoms with Gasteiger partial charge in [0.15, 0.2) is 0 Å². The standard InChI is InChI=1S/C13H20BrFN2/c1-3-9(4-2)13(17-16)7-10-5-6-11(14)8-12(10)15/h5-6,8-9,13,17H,3-4,7,16H2,1-2H3. The molecule has 0 amide bonds. The first-order valence-corrected chi connectivity index (χ1v) is 6.81. The molecule has 1 rings (SSSR count). The highest BCUT2D eigenvalue weighted by atomic mass is 79.9. The van der Waals surface area contributed by atoms with E-state index in [2.05, 4.69) is 35.2 Å². The Morgan fingerprint density at radius 2 is 2.00 bits per heavy atom. The van der Waals surface area contributed by atoms with Crippen LogP contribution in [0.5, 0.6) is 0 Å². The third-order valence-corrected chi connectivity index (χ3v) is 3.78. The fourth-order valence-corrected chi connectivity index (χ4v) is 2.48. The van der Waals surface area contributed by atoms with Crippen molar-refractivity contribution >= 4 is 15.9 Å². The van der Waals surface area contributed by atoms with E-state index in [0.717, 1.165) is 17.3 Å². The van der Waals surface area contributed by atoms with Crippen LogP contribution in [0.2, 0.25) is 0 Å². The molecule has 0 heterocycles. The smallest absolute Gasteiger partial charge is 0.127 e. The van der Waals surface area contributed by atoms with Gasteiger partial charge in [-0.3, -0.25) is 11.3 Å². The van der Waals surface area contributed by atoms with Crippen molar-refractivity contribution in [3.63, 3.8) is 0 Å². The Morgan fingerprint density at radius 3 is 2.47 bits per heavy atom. The molecule has 0 aliphatic heterocycles. The molecule has 1 unspecified atom stereocenters. The highest BCUT2D eigenvalue weighted by Crippen LogP contribution is 2.20. The van der Waals surface area contributed by atoms with Crippen LogP contribution < -0.4 is 11.3 Å². The zero-order valence-electron chi connectivity index (χ0n) is 10.3. The number of hydrogen-bond donors (Lipinski definition) is 2. The maximum absolute atomic E-state index is 13.7. The summed E-state index contributed by atoms with van der Waals surface area (Å²) in [5.41, 5.74) is 3.53. The Labute approximate surface area is 111 Å². The Bertz CT molecular complexity index is 353. The van der Waals surface area contributed by atoms with Gasteiger partial charge < -0.3 is 0 Å². The topological polar surface area (TPSA) is 38.0 Å². The van der Waals surface area contributed by atoms with Gasteiger partial charge in [-0.15, -0.1) is 0 Å². The first kappa shape index (κ1) is 14.6. The van der Waals surface area contributed by atoms with Crippen molar-refractivity contribution in [2.45, 2.75) is 39.2 Å². The van der Waals surface area contributed by atoms with E-state index in [1.807, 2.05) is 12.1 Å². The predicted molar refractivity (Wildman–Crippen MR) is 73.0 cm³/mol. The van der Waals surface area contributed by atoms with Crippen molar-refractivity contribution in [3.05, 3.63) is 34.1 Å². The van der Waals surface area contributed by atoms with Crippen LogP contribution in [-0.2, 0) is 6.42 Å². The van der Waals surface area contributed by atoms with Crippen molar-refractivity contribution in [1.29, 1.82) is 0 Å². The number of hydrazine groups is 1. The largest absolute Gasteiger partial charge is 0.271 e. The van der Waals surface area contributed by atoms with Gasteiger partial charge >= 0.3 is 0 Å². The van der Waals surface area contributed by atoms with Gasteiger partial charge in [-0.2, -0.15) is 0 Å². The Hall–Kier alpha value is -0.450. The van der Waals surface area contributed by atoms with Gasteiger partial charge in [-0.1, -0.05) is 48.7 Å². The quantitative estimate of drug-likeness (QED) is 0.624. The van der Waals surface area contributed by atoms with E-state index in [1.54, 1.807) is 0 Å². The normalized spacial score (nSPS) is 13.1. The van der Waals surface area contributed by atoms with Crippen LogP contribution in [0.4, 0.5) is 4.39 Å². The molecule has 2 nitrogen and oxygen atoms in total. The first-order valence-electron chi connectivity index (χ1n) is 6.02. The van der Waals surface area contributed by atoms with Crippen molar-refractivity contribution in [2.24, 2.45) is 11.8 Å². The summed E-state index contributed by atoms with van der Waals surface area (Å²) in [6.07, 6.45) is 2.72. The summed E-state index contributed by atoms with van der Waals surface area (Å²) in [6, 6.07) is 5.29. The summed E-state index contributed by atoms with van der Waals surface area (Å²) >= 11 is 3.26. The SMILES string of the molecule is CCC(CC)C(Cc1ccc(Br)cc1F)NN. The third kappa shape index (κ3) is 4.05. The molecule has 4 heteroatoms. The molecule has 0 radical (unpaired) electrons. The van der Waals surface area contributed by atoms with Crippen molar-refractivity contribution in [3.8, 4) is 0 Å². The minimum absolute atomic E-state index is 0.126.